The Morgan fingerprint density at radius 1 is 1.40 bits per heavy atom. The van der Waals surface area contributed by atoms with Crippen molar-refractivity contribution in [3.8, 4) is 11.8 Å². The summed E-state index contributed by atoms with van der Waals surface area (Å²) in [6, 6.07) is 6.76. The second kappa shape index (κ2) is 6.25. The van der Waals surface area contributed by atoms with Gasteiger partial charge in [0, 0.05) is 0 Å². The average molecular weight is 296 g/mol. The molecular formula is C14H20N2O3S. The molecule has 0 aliphatic rings. The van der Waals surface area contributed by atoms with Crippen LogP contribution in [0.1, 0.15) is 32.3 Å². The third-order valence-electron chi connectivity index (χ3n) is 2.98. The molecule has 6 heteroatoms. The number of ether oxygens (including phenoxy) is 1. The van der Waals surface area contributed by atoms with E-state index in [1.807, 2.05) is 13.8 Å². The average Bonchev–Trinajstić information content (AvgIpc) is 2.35. The summed E-state index contributed by atoms with van der Waals surface area (Å²) in [6.07, 6.45) is 1.51. The van der Waals surface area contributed by atoms with Crippen LogP contribution in [0.2, 0.25) is 0 Å². The molecule has 1 rings (SSSR count). The van der Waals surface area contributed by atoms with Crippen LogP contribution >= 0.6 is 0 Å². The van der Waals surface area contributed by atoms with Gasteiger partial charge in [0.2, 0.25) is 10.0 Å². The van der Waals surface area contributed by atoms with Crippen molar-refractivity contribution >= 4 is 10.0 Å². The summed E-state index contributed by atoms with van der Waals surface area (Å²) in [5.74, 6) is 0.632. The molecule has 0 unspecified atom stereocenters. The minimum absolute atomic E-state index is 0.0768. The lowest BCUT2D eigenvalue weighted by Crippen LogP contribution is -2.13. The lowest BCUT2D eigenvalue weighted by molar-refractivity contribution is 0.282. The highest BCUT2D eigenvalue weighted by atomic mass is 32.2. The monoisotopic (exact) mass is 296 g/mol. The summed E-state index contributed by atoms with van der Waals surface area (Å²) >= 11 is 0. The molecule has 0 bridgehead atoms. The third-order valence-corrected chi connectivity index (χ3v) is 3.89. The van der Waals surface area contributed by atoms with Crippen LogP contribution in [-0.4, -0.2) is 15.0 Å². The fourth-order valence-corrected chi connectivity index (χ4v) is 2.31. The summed E-state index contributed by atoms with van der Waals surface area (Å²) in [6.45, 7) is 6.03. The van der Waals surface area contributed by atoms with E-state index in [0.29, 0.717) is 12.4 Å². The van der Waals surface area contributed by atoms with Gasteiger partial charge in [0.05, 0.1) is 23.0 Å². The first kappa shape index (κ1) is 16.5. The number of rotatable bonds is 6. The number of nitrogens with two attached hydrogens (primary N) is 1. The van der Waals surface area contributed by atoms with Gasteiger partial charge in [-0.15, -0.1) is 0 Å². The fourth-order valence-electron chi connectivity index (χ4n) is 1.71. The highest BCUT2D eigenvalue weighted by molar-refractivity contribution is 7.89. The molecule has 1 aromatic rings. The quantitative estimate of drug-likeness (QED) is 0.815. The van der Waals surface area contributed by atoms with Crippen LogP contribution in [0.3, 0.4) is 0 Å². The van der Waals surface area contributed by atoms with Crippen LogP contribution < -0.4 is 9.88 Å². The molecule has 5 nitrogen and oxygen atoms in total. The number of nitriles is 1. The molecule has 20 heavy (non-hydrogen) atoms. The van der Waals surface area contributed by atoms with E-state index in [1.165, 1.54) is 12.1 Å². The Morgan fingerprint density at radius 2 is 2.05 bits per heavy atom. The van der Waals surface area contributed by atoms with Gasteiger partial charge in [-0.25, -0.2) is 13.6 Å². The molecule has 0 spiro atoms. The summed E-state index contributed by atoms with van der Waals surface area (Å²) < 4.78 is 28.0. The smallest absolute Gasteiger partial charge is 0.238 e. The van der Waals surface area contributed by atoms with Gasteiger partial charge < -0.3 is 4.74 Å². The minimum Gasteiger partial charge on any atom is -0.493 e. The largest absolute Gasteiger partial charge is 0.493 e. The number of aryl methyl sites for hydroxylation is 1. The SMILES string of the molecule is Cc1cc(S(N)(=O)=O)ccc1OCCCC(C)(C)C#N. The van der Waals surface area contributed by atoms with Gasteiger partial charge in [-0.3, -0.25) is 0 Å². The van der Waals surface area contributed by atoms with Gasteiger partial charge in [0.1, 0.15) is 5.75 Å². The number of benzene rings is 1. The van der Waals surface area contributed by atoms with Crippen molar-refractivity contribution in [2.24, 2.45) is 10.6 Å². The van der Waals surface area contributed by atoms with Crippen molar-refractivity contribution in [1.29, 1.82) is 5.26 Å². The Bertz CT molecular complexity index is 616. The Kier molecular flexibility index (Phi) is 5.15. The maximum absolute atomic E-state index is 11.2. The van der Waals surface area contributed by atoms with Crippen LogP contribution in [0.25, 0.3) is 0 Å². The first-order valence-electron chi connectivity index (χ1n) is 6.33. The normalized spacial score (nSPS) is 11.9. The summed E-state index contributed by atoms with van der Waals surface area (Å²) in [5, 5.41) is 14.0. The van der Waals surface area contributed by atoms with E-state index in [0.717, 1.165) is 18.4 Å². The van der Waals surface area contributed by atoms with E-state index in [4.69, 9.17) is 15.1 Å². The van der Waals surface area contributed by atoms with E-state index >= 15 is 0 Å². The van der Waals surface area contributed by atoms with E-state index < -0.39 is 10.0 Å². The number of sulfonamides is 1. The number of nitrogens with zero attached hydrogens (tertiary/aromatic N) is 1. The van der Waals surface area contributed by atoms with Crippen LogP contribution in [0.5, 0.6) is 5.75 Å². The maximum Gasteiger partial charge on any atom is 0.238 e. The summed E-state index contributed by atoms with van der Waals surface area (Å²) in [5.41, 5.74) is 0.367. The Morgan fingerprint density at radius 3 is 2.55 bits per heavy atom. The fraction of sp³-hybridized carbons (Fsp3) is 0.500. The lowest BCUT2D eigenvalue weighted by Gasteiger charge is -2.15. The van der Waals surface area contributed by atoms with Crippen LogP contribution in [0.4, 0.5) is 0 Å². The Hall–Kier alpha value is -1.58. The van der Waals surface area contributed by atoms with Crippen molar-refractivity contribution in [3.63, 3.8) is 0 Å². The number of primary sulfonamides is 1. The first-order chi connectivity index (χ1) is 9.15. The Balaban J connectivity index is 2.61. The molecule has 2 N–H and O–H groups in total. The molecule has 0 amide bonds. The number of hydrogen-bond donors (Lipinski definition) is 1. The van der Waals surface area contributed by atoms with Gasteiger partial charge in [-0.05, 0) is 57.4 Å². The van der Waals surface area contributed by atoms with Gasteiger partial charge in [0.25, 0.3) is 0 Å². The van der Waals surface area contributed by atoms with Crippen molar-refractivity contribution < 1.29 is 13.2 Å². The molecule has 0 aliphatic carbocycles. The number of hydrogen-bond acceptors (Lipinski definition) is 4. The zero-order valence-corrected chi connectivity index (χ0v) is 12.8. The van der Waals surface area contributed by atoms with E-state index in [1.54, 1.807) is 13.0 Å². The molecule has 1 aromatic carbocycles. The van der Waals surface area contributed by atoms with Crippen LogP contribution in [-0.2, 0) is 10.0 Å². The Labute approximate surface area is 120 Å². The molecule has 0 saturated heterocycles. The van der Waals surface area contributed by atoms with Crippen molar-refractivity contribution in [2.75, 3.05) is 6.61 Å². The third kappa shape index (κ3) is 4.83. The highest BCUT2D eigenvalue weighted by Crippen LogP contribution is 2.23. The van der Waals surface area contributed by atoms with Gasteiger partial charge in [0.15, 0.2) is 0 Å². The maximum atomic E-state index is 11.2. The second-order valence-corrected chi connectivity index (χ2v) is 6.98. The predicted octanol–water partition coefficient (Wildman–Crippen LogP) is 2.35. The highest BCUT2D eigenvalue weighted by Gasteiger charge is 2.16. The topological polar surface area (TPSA) is 93.2 Å². The summed E-state index contributed by atoms with van der Waals surface area (Å²) in [4.78, 5) is 0.0768. The molecular weight excluding hydrogens is 276 g/mol. The molecule has 0 aromatic heterocycles. The molecule has 0 saturated carbocycles. The zero-order chi connectivity index (χ0) is 15.4. The van der Waals surface area contributed by atoms with E-state index in [2.05, 4.69) is 6.07 Å². The van der Waals surface area contributed by atoms with E-state index in [-0.39, 0.29) is 10.3 Å². The standard InChI is InChI=1S/C14H20N2O3S/c1-11-9-12(20(16,17)18)5-6-13(11)19-8-4-7-14(2,3)10-15/h5-6,9H,4,7-8H2,1-3H3,(H2,16,17,18). The predicted molar refractivity (Wildman–Crippen MR) is 76.7 cm³/mol. The molecule has 0 fully saturated rings. The lowest BCUT2D eigenvalue weighted by atomic mass is 9.90. The van der Waals surface area contributed by atoms with Crippen molar-refractivity contribution in [3.05, 3.63) is 23.8 Å². The van der Waals surface area contributed by atoms with Gasteiger partial charge in [-0.2, -0.15) is 5.26 Å². The second-order valence-electron chi connectivity index (χ2n) is 5.42. The van der Waals surface area contributed by atoms with Gasteiger partial charge >= 0.3 is 0 Å². The zero-order valence-electron chi connectivity index (χ0n) is 12.0. The first-order valence-corrected chi connectivity index (χ1v) is 7.88. The minimum atomic E-state index is -3.68. The molecule has 0 atom stereocenters. The molecule has 0 heterocycles. The van der Waals surface area contributed by atoms with Crippen LogP contribution in [0, 0.1) is 23.7 Å². The van der Waals surface area contributed by atoms with Crippen molar-refractivity contribution in [2.45, 2.75) is 38.5 Å². The molecule has 0 radical (unpaired) electrons. The molecule has 110 valence electrons. The summed E-state index contributed by atoms with van der Waals surface area (Å²) in [7, 11) is -3.68. The van der Waals surface area contributed by atoms with E-state index in [9.17, 15) is 8.42 Å². The van der Waals surface area contributed by atoms with Crippen molar-refractivity contribution in [1.82, 2.24) is 0 Å². The van der Waals surface area contributed by atoms with Crippen LogP contribution in [0.15, 0.2) is 23.1 Å². The molecule has 0 aliphatic heterocycles. The van der Waals surface area contributed by atoms with Gasteiger partial charge in [-0.1, -0.05) is 0 Å².